The second-order valence-corrected chi connectivity index (χ2v) is 2.65. The van der Waals surface area contributed by atoms with E-state index in [9.17, 15) is 0 Å². The zero-order valence-corrected chi connectivity index (χ0v) is 6.72. The Morgan fingerprint density at radius 1 is 1.55 bits per heavy atom. The van der Waals surface area contributed by atoms with Crippen LogP contribution in [0.3, 0.4) is 0 Å². The van der Waals surface area contributed by atoms with Gasteiger partial charge in [0, 0.05) is 7.05 Å². The number of nitrogens with zero attached hydrogens (tertiary/aromatic N) is 3. The van der Waals surface area contributed by atoms with Gasteiger partial charge in [-0.05, 0) is 0 Å². The lowest BCUT2D eigenvalue weighted by Crippen LogP contribution is -1.94. The van der Waals surface area contributed by atoms with Gasteiger partial charge in [-0.1, -0.05) is 12.2 Å². The van der Waals surface area contributed by atoms with Gasteiger partial charge in [-0.15, -0.1) is 0 Å². The minimum Gasteiger partial charge on any atom is -0.341 e. The first kappa shape index (κ1) is 6.48. The molecule has 0 aliphatic heterocycles. The van der Waals surface area contributed by atoms with Crippen molar-refractivity contribution in [3.8, 4) is 0 Å². The van der Waals surface area contributed by atoms with Crippen molar-refractivity contribution in [2.45, 2.75) is 0 Å². The predicted molar refractivity (Wildman–Crippen MR) is 43.7 cm³/mol. The maximum Gasteiger partial charge on any atom is 0.162 e. The molecule has 0 aromatic carbocycles. The lowest BCUT2D eigenvalue weighted by molar-refractivity contribution is 0.894. The summed E-state index contributed by atoms with van der Waals surface area (Å²) in [5, 5.41) is 0. The summed E-state index contributed by atoms with van der Waals surface area (Å²) in [6.07, 6.45) is 3.27. The highest BCUT2D eigenvalue weighted by molar-refractivity contribution is 7.71. The Morgan fingerprint density at radius 2 is 2.36 bits per heavy atom. The Labute approximate surface area is 67.9 Å². The number of hydrogen-bond donors (Lipinski definition) is 1. The standard InChI is InChI=1S/C6H6N4S/c1-10-3-9-6(11)4-5(10)8-2-7-4/h2-3H,1H3,(H,7,8). The van der Waals surface area contributed by atoms with E-state index in [1.54, 1.807) is 12.7 Å². The smallest absolute Gasteiger partial charge is 0.162 e. The molecule has 5 heteroatoms. The van der Waals surface area contributed by atoms with Crippen LogP contribution in [0.5, 0.6) is 0 Å². The molecule has 0 atom stereocenters. The fourth-order valence-corrected chi connectivity index (χ4v) is 1.17. The summed E-state index contributed by atoms with van der Waals surface area (Å²) in [5.41, 5.74) is 1.66. The lowest BCUT2D eigenvalue weighted by atomic mass is 10.5. The third kappa shape index (κ3) is 0.848. The van der Waals surface area contributed by atoms with Gasteiger partial charge in [0.25, 0.3) is 0 Å². The summed E-state index contributed by atoms with van der Waals surface area (Å²) >= 11 is 4.97. The molecule has 0 amide bonds. The number of aromatic nitrogens is 4. The number of aromatic amines is 1. The second kappa shape index (κ2) is 2.13. The zero-order valence-electron chi connectivity index (χ0n) is 5.90. The maximum atomic E-state index is 4.97. The SMILES string of the molecule is Cn1cnc(=S)c2[nH]cnc21. The summed E-state index contributed by atoms with van der Waals surface area (Å²) < 4.78 is 2.39. The minimum absolute atomic E-state index is 0.565. The van der Waals surface area contributed by atoms with Crippen molar-refractivity contribution in [2.75, 3.05) is 0 Å². The first-order valence-corrected chi connectivity index (χ1v) is 3.54. The van der Waals surface area contributed by atoms with E-state index in [1.807, 2.05) is 11.6 Å². The van der Waals surface area contributed by atoms with Crippen molar-refractivity contribution in [1.82, 2.24) is 19.5 Å². The van der Waals surface area contributed by atoms with Crippen LogP contribution >= 0.6 is 12.2 Å². The second-order valence-electron chi connectivity index (χ2n) is 2.26. The van der Waals surface area contributed by atoms with Crippen molar-refractivity contribution in [3.63, 3.8) is 0 Å². The van der Waals surface area contributed by atoms with Crippen LogP contribution in [0.15, 0.2) is 12.7 Å². The molecule has 0 radical (unpaired) electrons. The zero-order chi connectivity index (χ0) is 7.84. The molecule has 4 nitrogen and oxygen atoms in total. The highest BCUT2D eigenvalue weighted by Gasteiger charge is 1.98. The van der Waals surface area contributed by atoms with E-state index in [2.05, 4.69) is 15.0 Å². The van der Waals surface area contributed by atoms with E-state index in [4.69, 9.17) is 12.2 Å². The summed E-state index contributed by atoms with van der Waals surface area (Å²) in [5.74, 6) is 0. The molecule has 0 aliphatic carbocycles. The van der Waals surface area contributed by atoms with Gasteiger partial charge < -0.3 is 9.55 Å². The normalized spacial score (nSPS) is 10.6. The maximum absolute atomic E-state index is 4.97. The molecular weight excluding hydrogens is 160 g/mol. The van der Waals surface area contributed by atoms with Gasteiger partial charge in [-0.25, -0.2) is 9.97 Å². The molecule has 0 spiro atoms. The lowest BCUT2D eigenvalue weighted by Gasteiger charge is -1.95. The van der Waals surface area contributed by atoms with Crippen molar-refractivity contribution in [2.24, 2.45) is 7.05 Å². The number of fused-ring (bicyclic) bond motifs is 1. The topological polar surface area (TPSA) is 46.5 Å². The molecule has 2 rings (SSSR count). The molecule has 0 aliphatic rings. The van der Waals surface area contributed by atoms with Gasteiger partial charge in [0.15, 0.2) is 10.3 Å². The molecule has 11 heavy (non-hydrogen) atoms. The molecule has 0 bridgehead atoms. The summed E-state index contributed by atoms with van der Waals surface area (Å²) in [6, 6.07) is 0. The van der Waals surface area contributed by atoms with Crippen molar-refractivity contribution in [3.05, 3.63) is 17.3 Å². The molecule has 0 unspecified atom stereocenters. The fraction of sp³-hybridized carbons (Fsp3) is 0.167. The quantitative estimate of drug-likeness (QED) is 0.594. The van der Waals surface area contributed by atoms with Gasteiger partial charge in [-0.3, -0.25) is 0 Å². The van der Waals surface area contributed by atoms with Gasteiger partial charge in [0.2, 0.25) is 0 Å². The Morgan fingerprint density at radius 3 is 3.09 bits per heavy atom. The van der Waals surface area contributed by atoms with Gasteiger partial charge in [0.05, 0.1) is 12.7 Å². The summed E-state index contributed by atoms with van der Waals surface area (Å²) in [7, 11) is 1.88. The third-order valence-corrected chi connectivity index (χ3v) is 1.83. The van der Waals surface area contributed by atoms with Crippen LogP contribution in [0.2, 0.25) is 0 Å². The van der Waals surface area contributed by atoms with E-state index in [1.165, 1.54) is 0 Å². The highest BCUT2D eigenvalue weighted by Crippen LogP contribution is 2.06. The Kier molecular flexibility index (Phi) is 1.25. The average Bonchev–Trinajstić information content (AvgIpc) is 2.45. The van der Waals surface area contributed by atoms with Gasteiger partial charge in [0.1, 0.15) is 5.52 Å². The van der Waals surface area contributed by atoms with Crippen LogP contribution in [0.1, 0.15) is 0 Å². The average molecular weight is 166 g/mol. The largest absolute Gasteiger partial charge is 0.341 e. The van der Waals surface area contributed by atoms with Gasteiger partial charge in [-0.2, -0.15) is 0 Å². The van der Waals surface area contributed by atoms with Gasteiger partial charge >= 0.3 is 0 Å². The minimum atomic E-state index is 0.565. The molecular formula is C6H6N4S. The van der Waals surface area contributed by atoms with Crippen LogP contribution in [-0.2, 0) is 7.05 Å². The molecule has 0 saturated heterocycles. The van der Waals surface area contributed by atoms with E-state index in [0.717, 1.165) is 11.2 Å². The first-order valence-electron chi connectivity index (χ1n) is 3.14. The first-order chi connectivity index (χ1) is 5.29. The van der Waals surface area contributed by atoms with Crippen molar-refractivity contribution in [1.29, 1.82) is 0 Å². The van der Waals surface area contributed by atoms with Crippen molar-refractivity contribution >= 4 is 23.4 Å². The van der Waals surface area contributed by atoms with E-state index < -0.39 is 0 Å². The molecule has 56 valence electrons. The van der Waals surface area contributed by atoms with E-state index in [0.29, 0.717) is 4.64 Å². The number of rotatable bonds is 0. The molecule has 0 fully saturated rings. The molecule has 1 N–H and O–H groups in total. The fourth-order valence-electron chi connectivity index (χ4n) is 0.970. The van der Waals surface area contributed by atoms with Crippen LogP contribution in [-0.4, -0.2) is 19.5 Å². The van der Waals surface area contributed by atoms with Crippen LogP contribution in [0.4, 0.5) is 0 Å². The number of hydrogen-bond acceptors (Lipinski definition) is 3. The summed E-state index contributed by atoms with van der Waals surface area (Å²) in [6.45, 7) is 0. The third-order valence-electron chi connectivity index (χ3n) is 1.52. The van der Waals surface area contributed by atoms with Crippen LogP contribution < -0.4 is 0 Å². The van der Waals surface area contributed by atoms with Crippen LogP contribution in [0.25, 0.3) is 11.2 Å². The molecule has 2 aromatic heterocycles. The Hall–Kier alpha value is -1.23. The highest BCUT2D eigenvalue weighted by atomic mass is 32.1. The molecule has 2 heterocycles. The van der Waals surface area contributed by atoms with E-state index >= 15 is 0 Å². The van der Waals surface area contributed by atoms with E-state index in [-0.39, 0.29) is 0 Å². The number of H-pyrrole nitrogens is 1. The molecule has 0 saturated carbocycles. The predicted octanol–water partition coefficient (Wildman–Crippen LogP) is 1.03. The Bertz CT molecular complexity index is 441. The number of nitrogens with one attached hydrogen (secondary N) is 1. The summed E-state index contributed by atoms with van der Waals surface area (Å²) in [4.78, 5) is 11.0. The molecule has 2 aromatic rings. The number of aryl methyl sites for hydroxylation is 1. The monoisotopic (exact) mass is 166 g/mol. The Balaban J connectivity index is 3.08. The number of imidazole rings is 1. The van der Waals surface area contributed by atoms with Crippen molar-refractivity contribution < 1.29 is 0 Å². The van der Waals surface area contributed by atoms with Crippen LogP contribution in [0, 0.1) is 4.64 Å².